The fourth-order valence-corrected chi connectivity index (χ4v) is 5.95. The SMILES string of the molecule is Brc1cc([C@H](C2CCCCC2)N2CCNCC2)sc1Br. The van der Waals surface area contributed by atoms with Crippen molar-refractivity contribution in [2.24, 2.45) is 5.92 Å². The highest BCUT2D eigenvalue weighted by molar-refractivity contribution is 9.13. The lowest BCUT2D eigenvalue weighted by Gasteiger charge is -2.40. The van der Waals surface area contributed by atoms with Crippen molar-refractivity contribution in [3.05, 3.63) is 19.2 Å². The van der Waals surface area contributed by atoms with E-state index < -0.39 is 0 Å². The Balaban J connectivity index is 1.85. The van der Waals surface area contributed by atoms with Crippen LogP contribution in [0.2, 0.25) is 0 Å². The van der Waals surface area contributed by atoms with E-state index in [2.05, 4.69) is 48.1 Å². The lowest BCUT2D eigenvalue weighted by molar-refractivity contribution is 0.106. The summed E-state index contributed by atoms with van der Waals surface area (Å²) in [6, 6.07) is 2.97. The Morgan fingerprint density at radius 1 is 1.15 bits per heavy atom. The topological polar surface area (TPSA) is 15.3 Å². The van der Waals surface area contributed by atoms with Crippen molar-refractivity contribution < 1.29 is 0 Å². The number of halogens is 2. The maximum absolute atomic E-state index is 3.67. The van der Waals surface area contributed by atoms with Gasteiger partial charge in [0.05, 0.1) is 3.79 Å². The zero-order valence-corrected chi connectivity index (χ0v) is 15.7. The molecular formula is C15H22Br2N2S. The Morgan fingerprint density at radius 3 is 2.45 bits per heavy atom. The molecule has 0 bridgehead atoms. The molecule has 5 heteroatoms. The number of hydrogen-bond acceptors (Lipinski definition) is 3. The zero-order valence-electron chi connectivity index (χ0n) is 11.7. The van der Waals surface area contributed by atoms with Crippen molar-refractivity contribution in [3.63, 3.8) is 0 Å². The number of piperazine rings is 1. The third-order valence-corrected chi connectivity index (χ3v) is 7.92. The Hall–Kier alpha value is 0.580. The van der Waals surface area contributed by atoms with Gasteiger partial charge in [-0.15, -0.1) is 11.3 Å². The standard InChI is InChI=1S/C15H22Br2N2S/c16-12-10-13(20-15(12)17)14(11-4-2-1-3-5-11)19-8-6-18-7-9-19/h10-11,14,18H,1-9H2/t14-/m0/s1. The fraction of sp³-hybridized carbons (Fsp3) is 0.733. The summed E-state index contributed by atoms with van der Waals surface area (Å²) < 4.78 is 2.46. The molecule has 0 radical (unpaired) electrons. The smallest absolute Gasteiger partial charge is 0.0843 e. The molecule has 1 atom stereocenters. The fourth-order valence-electron chi connectivity index (χ4n) is 3.63. The van der Waals surface area contributed by atoms with Crippen molar-refractivity contribution in [3.8, 4) is 0 Å². The predicted octanol–water partition coefficient (Wildman–Crippen LogP) is 4.80. The summed E-state index contributed by atoms with van der Waals surface area (Å²) in [5.41, 5.74) is 0. The molecule has 1 saturated heterocycles. The summed E-state index contributed by atoms with van der Waals surface area (Å²) in [5, 5.41) is 3.48. The maximum atomic E-state index is 3.67. The average Bonchev–Trinajstić information content (AvgIpc) is 2.81. The van der Waals surface area contributed by atoms with Gasteiger partial charge in [-0.3, -0.25) is 4.90 Å². The van der Waals surface area contributed by atoms with Crippen molar-refractivity contribution in [1.82, 2.24) is 10.2 Å². The summed E-state index contributed by atoms with van der Waals surface area (Å²) >= 11 is 9.26. The molecule has 2 aliphatic rings. The monoisotopic (exact) mass is 420 g/mol. The lowest BCUT2D eigenvalue weighted by atomic mass is 9.82. The average molecular weight is 422 g/mol. The highest BCUT2D eigenvalue weighted by Crippen LogP contribution is 2.44. The van der Waals surface area contributed by atoms with Gasteiger partial charge in [0.1, 0.15) is 0 Å². The van der Waals surface area contributed by atoms with E-state index in [1.807, 2.05) is 11.3 Å². The number of thiophene rings is 1. The Kier molecular flexibility index (Phi) is 5.59. The molecule has 0 spiro atoms. The van der Waals surface area contributed by atoms with Gasteiger partial charge in [-0.25, -0.2) is 0 Å². The summed E-state index contributed by atoms with van der Waals surface area (Å²) in [4.78, 5) is 4.26. The normalized spacial score (nSPS) is 23.9. The molecule has 0 amide bonds. The van der Waals surface area contributed by atoms with Gasteiger partial charge < -0.3 is 5.32 Å². The molecule has 1 aromatic rings. The highest BCUT2D eigenvalue weighted by atomic mass is 79.9. The molecule has 20 heavy (non-hydrogen) atoms. The zero-order chi connectivity index (χ0) is 13.9. The second kappa shape index (κ2) is 7.23. The molecule has 1 saturated carbocycles. The van der Waals surface area contributed by atoms with E-state index in [-0.39, 0.29) is 0 Å². The van der Waals surface area contributed by atoms with Crippen molar-refractivity contribution in [2.45, 2.75) is 38.1 Å². The van der Waals surface area contributed by atoms with E-state index in [1.165, 1.54) is 58.3 Å². The van der Waals surface area contributed by atoms with Crippen molar-refractivity contribution >= 4 is 43.2 Å². The minimum Gasteiger partial charge on any atom is -0.314 e. The molecule has 1 aliphatic heterocycles. The molecule has 0 aromatic carbocycles. The quantitative estimate of drug-likeness (QED) is 0.753. The minimum absolute atomic E-state index is 0.630. The van der Waals surface area contributed by atoms with Crippen LogP contribution < -0.4 is 5.32 Å². The second-order valence-corrected chi connectivity index (χ2v) is 9.16. The minimum atomic E-state index is 0.630. The van der Waals surface area contributed by atoms with Gasteiger partial charge in [0.2, 0.25) is 0 Å². The number of nitrogens with zero attached hydrogens (tertiary/aromatic N) is 1. The molecule has 2 fully saturated rings. The Labute approximate surface area is 142 Å². The first-order valence-electron chi connectivity index (χ1n) is 7.65. The molecular weight excluding hydrogens is 400 g/mol. The van der Waals surface area contributed by atoms with E-state index in [0.717, 1.165) is 19.0 Å². The van der Waals surface area contributed by atoms with E-state index in [9.17, 15) is 0 Å². The predicted molar refractivity (Wildman–Crippen MR) is 93.5 cm³/mol. The molecule has 1 aromatic heterocycles. The van der Waals surface area contributed by atoms with Gasteiger partial charge in [-0.1, -0.05) is 19.3 Å². The summed E-state index contributed by atoms with van der Waals surface area (Å²) in [6.45, 7) is 4.65. The molecule has 1 aliphatic carbocycles. The summed E-state index contributed by atoms with van der Waals surface area (Å²) in [5.74, 6) is 0.847. The maximum Gasteiger partial charge on any atom is 0.0843 e. The lowest BCUT2D eigenvalue weighted by Crippen LogP contribution is -2.47. The number of rotatable bonds is 3. The van der Waals surface area contributed by atoms with Crippen LogP contribution in [-0.4, -0.2) is 31.1 Å². The number of hydrogen-bond donors (Lipinski definition) is 1. The molecule has 2 heterocycles. The van der Waals surface area contributed by atoms with Crippen LogP contribution in [0.1, 0.15) is 43.0 Å². The highest BCUT2D eigenvalue weighted by Gasteiger charge is 2.32. The molecule has 1 N–H and O–H groups in total. The first kappa shape index (κ1) is 15.5. The second-order valence-electron chi connectivity index (χ2n) is 5.90. The van der Waals surface area contributed by atoms with Gasteiger partial charge in [0.25, 0.3) is 0 Å². The largest absolute Gasteiger partial charge is 0.314 e. The van der Waals surface area contributed by atoms with Crippen molar-refractivity contribution in [2.75, 3.05) is 26.2 Å². The van der Waals surface area contributed by atoms with E-state index in [4.69, 9.17) is 0 Å². The molecule has 112 valence electrons. The number of nitrogens with one attached hydrogen (secondary N) is 1. The van der Waals surface area contributed by atoms with Gasteiger partial charge in [-0.2, -0.15) is 0 Å². The Bertz CT molecular complexity index is 400. The van der Waals surface area contributed by atoms with Crippen LogP contribution >= 0.6 is 43.2 Å². The van der Waals surface area contributed by atoms with Crippen LogP contribution in [0.25, 0.3) is 0 Å². The molecule has 3 rings (SSSR count). The van der Waals surface area contributed by atoms with E-state index >= 15 is 0 Å². The first-order chi connectivity index (χ1) is 9.75. The van der Waals surface area contributed by atoms with Crippen LogP contribution in [-0.2, 0) is 0 Å². The Morgan fingerprint density at radius 2 is 1.85 bits per heavy atom. The van der Waals surface area contributed by atoms with Gasteiger partial charge >= 0.3 is 0 Å². The van der Waals surface area contributed by atoms with Crippen LogP contribution in [0.5, 0.6) is 0 Å². The summed E-state index contributed by atoms with van der Waals surface area (Å²) in [7, 11) is 0. The third kappa shape index (κ3) is 3.49. The van der Waals surface area contributed by atoms with Gasteiger partial charge in [-0.05, 0) is 56.7 Å². The molecule has 0 unspecified atom stereocenters. The van der Waals surface area contributed by atoms with Gasteiger partial charge in [0, 0.05) is 41.6 Å². The van der Waals surface area contributed by atoms with Crippen LogP contribution in [0, 0.1) is 5.92 Å². The van der Waals surface area contributed by atoms with Gasteiger partial charge in [0.15, 0.2) is 0 Å². The van der Waals surface area contributed by atoms with E-state index in [0.29, 0.717) is 6.04 Å². The molecule has 2 nitrogen and oxygen atoms in total. The van der Waals surface area contributed by atoms with Crippen LogP contribution in [0.3, 0.4) is 0 Å². The third-order valence-electron chi connectivity index (χ3n) is 4.60. The van der Waals surface area contributed by atoms with Crippen LogP contribution in [0.4, 0.5) is 0 Å². The first-order valence-corrected chi connectivity index (χ1v) is 10.1. The van der Waals surface area contributed by atoms with Crippen molar-refractivity contribution in [1.29, 1.82) is 0 Å². The summed E-state index contributed by atoms with van der Waals surface area (Å²) in [6.07, 6.45) is 7.08. The van der Waals surface area contributed by atoms with E-state index in [1.54, 1.807) is 0 Å². The van der Waals surface area contributed by atoms with Crippen LogP contribution in [0.15, 0.2) is 14.3 Å².